The minimum absolute atomic E-state index is 0.221. The van der Waals surface area contributed by atoms with Crippen molar-refractivity contribution in [2.24, 2.45) is 12.8 Å². The molecule has 0 unspecified atom stereocenters. The van der Waals surface area contributed by atoms with Gasteiger partial charge in [-0.2, -0.15) is 0 Å². The minimum atomic E-state index is -0.221. The Morgan fingerprint density at radius 1 is 1.52 bits per heavy atom. The van der Waals surface area contributed by atoms with E-state index >= 15 is 0 Å². The fourth-order valence-electron chi connectivity index (χ4n) is 1.70. The van der Waals surface area contributed by atoms with Crippen LogP contribution in [0.2, 0.25) is 0 Å². The van der Waals surface area contributed by atoms with Gasteiger partial charge in [-0.15, -0.1) is 5.10 Å². The van der Waals surface area contributed by atoms with E-state index in [2.05, 4.69) is 22.0 Å². The maximum absolute atomic E-state index is 11.3. The normalized spacial score (nSPS) is 10.0. The molecule has 0 bridgehead atoms. The van der Waals surface area contributed by atoms with E-state index in [1.165, 1.54) is 16.3 Å². The third kappa shape index (κ3) is 3.68. The van der Waals surface area contributed by atoms with Crippen molar-refractivity contribution in [1.82, 2.24) is 14.8 Å². The molecule has 0 spiro atoms. The highest BCUT2D eigenvalue weighted by Gasteiger charge is 2.07. The highest BCUT2D eigenvalue weighted by Crippen LogP contribution is 2.24. The van der Waals surface area contributed by atoms with Gasteiger partial charge in [-0.25, -0.2) is 9.89 Å². The standard InChI is InChI=1S/C14H16N4O2S/c1-18-13(19)16-17-14(18)21-9-10-5-6-12(20-2)11(8-10)4-3-7-15/h5-6,8H,7,9,15H2,1-2H3,(H,16,19). The molecule has 110 valence electrons. The van der Waals surface area contributed by atoms with Gasteiger partial charge in [0.2, 0.25) is 0 Å². The lowest BCUT2D eigenvalue weighted by atomic mass is 10.1. The van der Waals surface area contributed by atoms with Crippen LogP contribution in [0.3, 0.4) is 0 Å². The maximum atomic E-state index is 11.3. The number of ether oxygens (including phenoxy) is 1. The van der Waals surface area contributed by atoms with Crippen LogP contribution in [-0.2, 0) is 12.8 Å². The Morgan fingerprint density at radius 2 is 2.33 bits per heavy atom. The number of nitrogens with two attached hydrogens (primary N) is 1. The zero-order valence-electron chi connectivity index (χ0n) is 11.8. The van der Waals surface area contributed by atoms with Crippen molar-refractivity contribution in [2.75, 3.05) is 13.7 Å². The lowest BCUT2D eigenvalue weighted by molar-refractivity contribution is 0.413. The van der Waals surface area contributed by atoms with E-state index in [-0.39, 0.29) is 5.69 Å². The minimum Gasteiger partial charge on any atom is -0.495 e. The summed E-state index contributed by atoms with van der Waals surface area (Å²) in [6.45, 7) is 0.303. The first-order valence-corrected chi connectivity index (χ1v) is 7.24. The number of hydrogen-bond acceptors (Lipinski definition) is 5. The van der Waals surface area contributed by atoms with Gasteiger partial charge >= 0.3 is 5.69 Å². The van der Waals surface area contributed by atoms with Gasteiger partial charge in [-0.3, -0.25) is 4.57 Å². The van der Waals surface area contributed by atoms with E-state index in [0.717, 1.165) is 16.9 Å². The van der Waals surface area contributed by atoms with Crippen LogP contribution in [0.25, 0.3) is 0 Å². The third-order valence-corrected chi connectivity index (χ3v) is 3.90. The number of nitrogens with one attached hydrogen (secondary N) is 1. The average molecular weight is 304 g/mol. The quantitative estimate of drug-likeness (QED) is 0.642. The topological polar surface area (TPSA) is 85.9 Å². The molecule has 1 aromatic carbocycles. The van der Waals surface area contributed by atoms with E-state index in [1.54, 1.807) is 14.2 Å². The zero-order valence-corrected chi connectivity index (χ0v) is 12.7. The number of benzene rings is 1. The van der Waals surface area contributed by atoms with Gasteiger partial charge in [0.05, 0.1) is 19.2 Å². The van der Waals surface area contributed by atoms with Crippen molar-refractivity contribution in [3.05, 3.63) is 39.8 Å². The van der Waals surface area contributed by atoms with Crippen molar-refractivity contribution in [2.45, 2.75) is 10.9 Å². The number of methoxy groups -OCH3 is 1. The number of hydrogen-bond donors (Lipinski definition) is 2. The molecule has 0 saturated carbocycles. The first-order valence-electron chi connectivity index (χ1n) is 6.25. The molecule has 2 rings (SSSR count). The summed E-state index contributed by atoms with van der Waals surface area (Å²) in [4.78, 5) is 11.3. The van der Waals surface area contributed by atoms with Gasteiger partial charge < -0.3 is 10.5 Å². The van der Waals surface area contributed by atoms with Crippen LogP contribution >= 0.6 is 11.8 Å². The Kier molecular flexibility index (Phi) is 5.09. The summed E-state index contributed by atoms with van der Waals surface area (Å²) >= 11 is 1.47. The largest absolute Gasteiger partial charge is 0.495 e. The second-order valence-corrected chi connectivity index (χ2v) is 5.14. The summed E-state index contributed by atoms with van der Waals surface area (Å²) in [7, 11) is 3.29. The first-order chi connectivity index (χ1) is 10.2. The lowest BCUT2D eigenvalue weighted by Gasteiger charge is -2.06. The average Bonchev–Trinajstić information content (AvgIpc) is 2.82. The monoisotopic (exact) mass is 304 g/mol. The molecule has 0 aliphatic rings. The Balaban J connectivity index is 2.17. The number of aromatic nitrogens is 3. The van der Waals surface area contributed by atoms with Crippen LogP contribution in [0.1, 0.15) is 11.1 Å². The van der Waals surface area contributed by atoms with Crippen LogP contribution in [0, 0.1) is 11.8 Å². The highest BCUT2D eigenvalue weighted by atomic mass is 32.2. The van der Waals surface area contributed by atoms with Gasteiger partial charge in [0, 0.05) is 12.8 Å². The van der Waals surface area contributed by atoms with Crippen LogP contribution in [-0.4, -0.2) is 28.4 Å². The molecule has 0 aliphatic heterocycles. The molecule has 7 heteroatoms. The molecular weight excluding hydrogens is 288 g/mol. The molecule has 21 heavy (non-hydrogen) atoms. The molecule has 1 heterocycles. The Morgan fingerprint density at radius 3 is 2.95 bits per heavy atom. The molecule has 0 aliphatic carbocycles. The van der Waals surface area contributed by atoms with Gasteiger partial charge in [0.1, 0.15) is 5.75 Å². The van der Waals surface area contributed by atoms with Gasteiger partial charge in [-0.05, 0) is 17.7 Å². The van der Waals surface area contributed by atoms with Gasteiger partial charge in [-0.1, -0.05) is 29.7 Å². The van der Waals surface area contributed by atoms with Crippen molar-refractivity contribution in [1.29, 1.82) is 0 Å². The Labute approximate surface area is 126 Å². The molecule has 0 saturated heterocycles. The number of nitrogens with zero attached hydrogens (tertiary/aromatic N) is 2. The van der Waals surface area contributed by atoms with Gasteiger partial charge in [0.25, 0.3) is 0 Å². The summed E-state index contributed by atoms with van der Waals surface area (Å²) in [5.74, 6) is 7.21. The predicted molar refractivity (Wildman–Crippen MR) is 82.3 cm³/mol. The molecular formula is C14H16N4O2S. The molecule has 1 aromatic heterocycles. The van der Waals surface area contributed by atoms with E-state index < -0.39 is 0 Å². The first kappa shape index (κ1) is 15.2. The van der Waals surface area contributed by atoms with Crippen molar-refractivity contribution < 1.29 is 4.74 Å². The summed E-state index contributed by atoms with van der Waals surface area (Å²) in [5.41, 5.74) is 7.05. The summed E-state index contributed by atoms with van der Waals surface area (Å²) in [5, 5.41) is 7.01. The number of aromatic amines is 1. The molecule has 6 nitrogen and oxygen atoms in total. The van der Waals surface area contributed by atoms with Gasteiger partial charge in [0.15, 0.2) is 5.16 Å². The summed E-state index contributed by atoms with van der Waals surface area (Å²) in [6.07, 6.45) is 0. The fourth-order valence-corrected chi connectivity index (χ4v) is 2.56. The Bertz CT molecular complexity index is 739. The third-order valence-electron chi connectivity index (χ3n) is 2.80. The van der Waals surface area contributed by atoms with E-state index in [1.807, 2.05) is 18.2 Å². The van der Waals surface area contributed by atoms with E-state index in [0.29, 0.717) is 17.5 Å². The zero-order chi connectivity index (χ0) is 15.2. The van der Waals surface area contributed by atoms with Crippen LogP contribution < -0.4 is 16.2 Å². The number of thioether (sulfide) groups is 1. The summed E-state index contributed by atoms with van der Waals surface area (Å²) in [6, 6.07) is 5.80. The van der Waals surface area contributed by atoms with Crippen LogP contribution in [0.5, 0.6) is 5.75 Å². The molecule has 3 N–H and O–H groups in total. The second kappa shape index (κ2) is 7.02. The fraction of sp³-hybridized carbons (Fsp3) is 0.286. The van der Waals surface area contributed by atoms with E-state index in [9.17, 15) is 4.79 Å². The maximum Gasteiger partial charge on any atom is 0.343 e. The van der Waals surface area contributed by atoms with Crippen LogP contribution in [0.4, 0.5) is 0 Å². The smallest absolute Gasteiger partial charge is 0.343 e. The lowest BCUT2D eigenvalue weighted by Crippen LogP contribution is -2.12. The SMILES string of the molecule is COc1ccc(CSc2n[nH]c(=O)n2C)cc1C#CCN. The number of rotatable bonds is 4. The van der Waals surface area contributed by atoms with Crippen molar-refractivity contribution in [3.8, 4) is 17.6 Å². The van der Waals surface area contributed by atoms with Crippen LogP contribution in [0.15, 0.2) is 28.2 Å². The highest BCUT2D eigenvalue weighted by molar-refractivity contribution is 7.98. The molecule has 0 fully saturated rings. The molecule has 2 aromatic rings. The summed E-state index contributed by atoms with van der Waals surface area (Å²) < 4.78 is 6.75. The molecule has 0 amide bonds. The van der Waals surface area contributed by atoms with E-state index in [4.69, 9.17) is 10.5 Å². The molecule has 0 atom stereocenters. The predicted octanol–water partition coefficient (Wildman–Crippen LogP) is 0.720. The Hall–Kier alpha value is -2.17. The molecule has 0 radical (unpaired) electrons. The number of H-pyrrole nitrogens is 1. The van der Waals surface area contributed by atoms with Crippen molar-refractivity contribution >= 4 is 11.8 Å². The second-order valence-electron chi connectivity index (χ2n) is 4.20. The van der Waals surface area contributed by atoms with Crippen molar-refractivity contribution in [3.63, 3.8) is 0 Å².